The Morgan fingerprint density at radius 1 is 0.407 bits per heavy atom. The average Bonchev–Trinajstić information content (AvgIpc) is 1.58. The first-order chi connectivity index (χ1) is 62.8. The van der Waals surface area contributed by atoms with Crippen molar-refractivity contribution < 1.29 is 116 Å². The van der Waals surface area contributed by atoms with Crippen LogP contribution in [-0.4, -0.2) is 38.0 Å². The minimum Gasteiger partial charge on any atom is -0.340 e. The number of aryl methyl sites for hydroxylation is 1. The maximum Gasteiger partial charge on any atom is 0.0774 e. The van der Waals surface area contributed by atoms with Crippen molar-refractivity contribution in [2.24, 2.45) is 11.8 Å². The summed E-state index contributed by atoms with van der Waals surface area (Å²) in [6, 6.07) is 82.6. The number of nitrogens with zero attached hydrogens (tertiary/aromatic N) is 8. The fraction of sp³-hybridized carbons (Fsp3) is 0.248. The Morgan fingerprint density at radius 2 is 0.850 bits per heavy atom. The van der Waals surface area contributed by atoms with Crippen LogP contribution in [0.3, 0.4) is 0 Å². The van der Waals surface area contributed by atoms with Gasteiger partial charge < -0.3 is 18.1 Å². The standard InChI is InChI=1S/C29H29N2.C27H27N2.C24H23N2.C21H23N2.4Ir/c1-19(2)16-21-10-9-11-22(17-20(3)4)28(21)27-18-30-29-25-14-6-5-12-23(25)24-13-7-8-15-26(24)31(27)29;1-19(2)24-17-23(21-11-7-5-8-12-21)18-25(20(3)4)26(24)29-16-15-28-27(29)22-13-9-6-10-14-22;1-4-18-13-10-14-20(17(2)3)23(18)26-22-16-9-8-15-21(22)25-24(26)19-11-6-5-7-12-19;1-15(2)18-11-8-12-19(16(3)4)20(18)23-14-13-22-21(23)17-9-6-5-7-10-17;;;;/h5-13,15,18-20H,16-17H2,1-4H3;5-13,15-20H,1-4H3;5-11,13-17H,4H2,1-3H3;5-9,11-16H,1-4H3;;;;/q4*-1;;;;/i16D2,17D2;1D3,3D3,19D,20D;2D3,4D2,17D;1D3,3D3,15D,16D;;;;. The first-order valence-electron chi connectivity index (χ1n) is 49.2. The van der Waals surface area contributed by atoms with Gasteiger partial charge in [0.05, 0.1) is 39.8 Å². The molecule has 0 aliphatic carbocycles. The molecule has 4 radical (unpaired) electrons. The first-order valence-corrected chi connectivity index (χ1v) is 36.2. The third kappa shape index (κ3) is 19.4. The average molecular weight is 2220 g/mol. The number of hydrogen-bond acceptors (Lipinski definition) is 4. The second kappa shape index (κ2) is 40.4. The Morgan fingerprint density at radius 3 is 1.37 bits per heavy atom. The van der Waals surface area contributed by atoms with Gasteiger partial charge in [0, 0.05) is 175 Å². The zero-order valence-corrected chi connectivity index (χ0v) is 73.5. The summed E-state index contributed by atoms with van der Waals surface area (Å²) in [5.74, 6) is -9.70. The number of rotatable bonds is 18. The van der Waals surface area contributed by atoms with Crippen molar-refractivity contribution in [1.82, 2.24) is 38.0 Å². The summed E-state index contributed by atoms with van der Waals surface area (Å²) in [5, 5.41) is 2.98. The minimum absolute atomic E-state index is 0. The Balaban J connectivity index is 0.000000206. The molecule has 0 aliphatic heterocycles. The number of hydrogen-bond donors (Lipinski definition) is 0. The largest absolute Gasteiger partial charge is 0.340 e. The summed E-state index contributed by atoms with van der Waals surface area (Å²) >= 11 is 0. The molecule has 0 amide bonds. The molecular weight excluding hydrogens is 2090 g/mol. The fourth-order valence-electron chi connectivity index (χ4n) is 13.7. The second-order valence-corrected chi connectivity index (χ2v) is 27.0. The van der Waals surface area contributed by atoms with Crippen LogP contribution in [0.5, 0.6) is 0 Å². The summed E-state index contributed by atoms with van der Waals surface area (Å²) in [6.45, 7) is 1.81. The van der Waals surface area contributed by atoms with E-state index in [1.807, 2.05) is 135 Å². The molecule has 0 saturated heterocycles. The number of benzene rings is 11. The molecule has 5 unspecified atom stereocenters. The van der Waals surface area contributed by atoms with Crippen LogP contribution in [0.25, 0.3) is 112 Å². The molecule has 5 heterocycles. The van der Waals surface area contributed by atoms with E-state index < -0.39 is 82.8 Å². The smallest absolute Gasteiger partial charge is 0.0774 e. The molecule has 586 valence electrons. The molecule has 0 saturated carbocycles. The molecule has 0 N–H and O–H groups in total. The van der Waals surface area contributed by atoms with Crippen molar-refractivity contribution >= 4 is 38.4 Å². The number of para-hydroxylation sites is 5. The molecule has 12 heteroatoms. The Kier molecular flexibility index (Phi) is 20.8. The van der Waals surface area contributed by atoms with Crippen LogP contribution in [0.2, 0.25) is 0 Å². The fourth-order valence-corrected chi connectivity index (χ4v) is 13.7. The van der Waals surface area contributed by atoms with Gasteiger partial charge in [-0.3, -0.25) is 19.9 Å². The van der Waals surface area contributed by atoms with Gasteiger partial charge in [-0.1, -0.05) is 224 Å². The van der Waals surface area contributed by atoms with Gasteiger partial charge in [-0.25, -0.2) is 0 Å². The Hall–Kier alpha value is -8.88. The summed E-state index contributed by atoms with van der Waals surface area (Å²) in [4.78, 5) is 18.4. The van der Waals surface area contributed by atoms with Crippen LogP contribution in [-0.2, 0) is 99.5 Å². The van der Waals surface area contributed by atoms with Crippen molar-refractivity contribution in [3.63, 3.8) is 0 Å². The summed E-state index contributed by atoms with van der Waals surface area (Å²) in [7, 11) is 0. The van der Waals surface area contributed by atoms with Crippen molar-refractivity contribution in [2.45, 2.75) is 152 Å². The van der Waals surface area contributed by atoms with Crippen LogP contribution in [0.15, 0.2) is 268 Å². The van der Waals surface area contributed by atoms with Gasteiger partial charge in [0.1, 0.15) is 0 Å². The number of imidazole rings is 4. The minimum atomic E-state index is -2.76. The van der Waals surface area contributed by atoms with E-state index in [0.717, 1.165) is 27.3 Å². The first kappa shape index (κ1) is 58.0. The summed E-state index contributed by atoms with van der Waals surface area (Å²) in [6.07, 6.45) is 2.82. The van der Waals surface area contributed by atoms with Crippen molar-refractivity contribution in [3.8, 4) is 73.6 Å². The summed E-state index contributed by atoms with van der Waals surface area (Å²) < 4.78 is 225. The Bertz CT molecular complexity index is 6830. The Labute approximate surface area is 761 Å². The summed E-state index contributed by atoms with van der Waals surface area (Å²) in [5.41, 5.74) is 9.84. The maximum absolute atomic E-state index is 9.05. The molecule has 0 spiro atoms. The van der Waals surface area contributed by atoms with Crippen LogP contribution < -0.4 is 0 Å². The third-order valence-corrected chi connectivity index (χ3v) is 18.5. The van der Waals surface area contributed by atoms with Gasteiger partial charge in [0.25, 0.3) is 0 Å². The molecule has 5 aromatic heterocycles. The van der Waals surface area contributed by atoms with Gasteiger partial charge in [0.15, 0.2) is 0 Å². The molecule has 11 aromatic carbocycles. The molecule has 0 bridgehead atoms. The monoisotopic (exact) mass is 2220 g/mol. The zero-order valence-electron chi connectivity index (χ0n) is 90.0. The van der Waals surface area contributed by atoms with Crippen LogP contribution in [0.1, 0.15) is 213 Å². The predicted molar refractivity (Wildman–Crippen MR) is 458 cm³/mol. The third-order valence-electron chi connectivity index (χ3n) is 18.5. The SMILES string of the molecule is [2H]C([2H])(C)c1cccc(C([2H])(C)C([2H])([2H])[2H])c1-n1c(-c2[c-]cccc2)nc2ccccc21.[2H]C([2H])([2H])C([2H])(C)c1cc(-c2ccccc2)cc(C([2H])(C)C([2H])([2H])[2H])c1-n1ccnc1-c1[c-]cccc1.[2H]C([2H])([2H])C([2H])(C)c1cccc(C([2H])(C)C([2H])([2H])[2H])c1-n1ccnc1-c1[c-]cccc1.[2H]C([2H])(c1cccc(C([2H])([2H])C(C)C)c1-c1cnc2c3[c-]cccc3c3ccccc3n12)C(C)C.[Ir].[Ir].[Ir].[Ir]. The molecule has 16 rings (SSSR count). The van der Waals surface area contributed by atoms with Gasteiger partial charge in [-0.05, 0) is 152 Å². The maximum atomic E-state index is 9.05. The van der Waals surface area contributed by atoms with E-state index in [1.165, 1.54) is 72.1 Å². The number of aromatic nitrogens is 8. The number of fused-ring (bicyclic) bond motifs is 7. The van der Waals surface area contributed by atoms with Crippen LogP contribution in [0.4, 0.5) is 0 Å². The van der Waals surface area contributed by atoms with E-state index in [-0.39, 0.29) is 137 Å². The van der Waals surface area contributed by atoms with Gasteiger partial charge >= 0.3 is 0 Å². The van der Waals surface area contributed by atoms with Crippen molar-refractivity contribution in [1.29, 1.82) is 0 Å². The van der Waals surface area contributed by atoms with Crippen LogP contribution in [0, 0.1) is 36.1 Å². The molecule has 113 heavy (non-hydrogen) atoms. The van der Waals surface area contributed by atoms with Crippen molar-refractivity contribution in [2.75, 3.05) is 0 Å². The molecular formula is C101H102Ir4N8-4. The van der Waals surface area contributed by atoms with E-state index in [4.69, 9.17) is 45.6 Å². The number of pyridine rings is 1. The molecule has 0 fully saturated rings. The zero-order chi connectivity index (χ0) is 98.9. The van der Waals surface area contributed by atoms with Gasteiger partial charge in [0.2, 0.25) is 0 Å². The molecule has 5 atom stereocenters. The van der Waals surface area contributed by atoms with Gasteiger partial charge in [-0.15, -0.1) is 137 Å². The van der Waals surface area contributed by atoms with Crippen LogP contribution >= 0.6 is 0 Å². The predicted octanol–water partition coefficient (Wildman–Crippen LogP) is 26.5. The molecule has 16 aromatic rings. The van der Waals surface area contributed by atoms with E-state index >= 15 is 0 Å². The van der Waals surface area contributed by atoms with E-state index in [9.17, 15) is 0 Å². The topological polar surface area (TPSA) is 70.8 Å². The molecule has 0 aliphatic rings. The quantitative estimate of drug-likeness (QED) is 0.0634. The molecule has 8 nitrogen and oxygen atoms in total. The van der Waals surface area contributed by atoms with E-state index in [0.29, 0.717) is 84.4 Å². The van der Waals surface area contributed by atoms with Crippen molar-refractivity contribution in [3.05, 3.63) is 336 Å². The van der Waals surface area contributed by atoms with E-state index in [1.54, 1.807) is 135 Å². The van der Waals surface area contributed by atoms with E-state index in [2.05, 4.69) is 46.4 Å². The second-order valence-electron chi connectivity index (χ2n) is 27.0. The normalized spacial score (nSPS) is 18.1. The van der Waals surface area contributed by atoms with Gasteiger partial charge in [-0.2, -0.15) is 0 Å².